The molecule has 0 aromatic heterocycles. The van der Waals surface area contributed by atoms with Crippen LogP contribution in [-0.4, -0.2) is 53.5 Å². The smallest absolute Gasteiger partial charge is 0.407 e. The number of benzene rings is 2. The van der Waals surface area contributed by atoms with Crippen molar-refractivity contribution < 1.29 is 29.3 Å². The van der Waals surface area contributed by atoms with Gasteiger partial charge in [0.25, 0.3) is 0 Å². The van der Waals surface area contributed by atoms with E-state index in [2.05, 4.69) is 10.6 Å². The van der Waals surface area contributed by atoms with Gasteiger partial charge in [-0.15, -0.1) is 0 Å². The van der Waals surface area contributed by atoms with Crippen molar-refractivity contribution in [3.63, 3.8) is 0 Å². The number of aliphatic hydroxyl groups excluding tert-OH is 1. The maximum absolute atomic E-state index is 12.4. The number of rotatable bonds is 9. The Balaban J connectivity index is 1.64. The molecule has 2 amide bonds. The first kappa shape index (κ1) is 22.3. The predicted molar refractivity (Wildman–Crippen MR) is 114 cm³/mol. The normalized spacial score (nSPS) is 14.1. The lowest BCUT2D eigenvalue weighted by Gasteiger charge is -2.19. The van der Waals surface area contributed by atoms with E-state index in [1.807, 2.05) is 48.5 Å². The van der Waals surface area contributed by atoms with Gasteiger partial charge in [-0.3, -0.25) is 9.59 Å². The van der Waals surface area contributed by atoms with Crippen LogP contribution >= 0.6 is 0 Å². The Morgan fingerprint density at radius 3 is 2.16 bits per heavy atom. The average Bonchev–Trinajstić information content (AvgIpc) is 3.07. The Morgan fingerprint density at radius 2 is 1.61 bits per heavy atom. The molecule has 2 aromatic carbocycles. The van der Waals surface area contributed by atoms with E-state index in [4.69, 9.17) is 9.84 Å². The van der Waals surface area contributed by atoms with Crippen molar-refractivity contribution in [2.75, 3.05) is 13.2 Å². The monoisotopic (exact) mass is 426 g/mol. The third-order valence-corrected chi connectivity index (χ3v) is 5.17. The molecule has 0 heterocycles. The Kier molecular flexibility index (Phi) is 7.25. The van der Waals surface area contributed by atoms with Crippen LogP contribution in [0, 0.1) is 0 Å². The van der Waals surface area contributed by atoms with Crippen molar-refractivity contribution >= 4 is 18.0 Å². The summed E-state index contributed by atoms with van der Waals surface area (Å²) in [5.41, 5.74) is 4.33. The molecule has 0 bridgehead atoms. The Bertz CT molecular complexity index is 913. The molecule has 8 nitrogen and oxygen atoms in total. The van der Waals surface area contributed by atoms with Crippen molar-refractivity contribution in [1.82, 2.24) is 10.6 Å². The van der Waals surface area contributed by atoms with Crippen LogP contribution in [0.5, 0.6) is 0 Å². The van der Waals surface area contributed by atoms with Crippen LogP contribution in [0.4, 0.5) is 4.79 Å². The van der Waals surface area contributed by atoms with Gasteiger partial charge < -0.3 is 25.6 Å². The summed E-state index contributed by atoms with van der Waals surface area (Å²) in [4.78, 5) is 35.6. The number of carboxylic acids is 1. The van der Waals surface area contributed by atoms with E-state index in [-0.39, 0.29) is 31.9 Å². The zero-order valence-electron chi connectivity index (χ0n) is 17.2. The molecule has 0 radical (unpaired) electrons. The summed E-state index contributed by atoms with van der Waals surface area (Å²) >= 11 is 0. The van der Waals surface area contributed by atoms with Gasteiger partial charge in [0.1, 0.15) is 12.6 Å². The first-order chi connectivity index (χ1) is 14.9. The number of carboxylic acid groups (broad SMARTS) is 1. The van der Waals surface area contributed by atoms with E-state index < -0.39 is 30.1 Å². The highest BCUT2D eigenvalue weighted by Gasteiger charge is 2.30. The third kappa shape index (κ3) is 5.61. The molecule has 31 heavy (non-hydrogen) atoms. The van der Waals surface area contributed by atoms with Crippen LogP contribution < -0.4 is 10.6 Å². The maximum Gasteiger partial charge on any atom is 0.407 e. The molecule has 3 rings (SSSR count). The number of aliphatic hydroxyl groups is 1. The lowest BCUT2D eigenvalue weighted by molar-refractivity contribution is -0.137. The minimum absolute atomic E-state index is 0.00518. The molecule has 0 saturated carbocycles. The highest BCUT2D eigenvalue weighted by Crippen LogP contribution is 2.44. The van der Waals surface area contributed by atoms with Gasteiger partial charge in [0.05, 0.1) is 6.10 Å². The molecule has 2 atom stereocenters. The Labute approximate surface area is 180 Å². The third-order valence-electron chi connectivity index (χ3n) is 5.17. The molecular weight excluding hydrogens is 400 g/mol. The van der Waals surface area contributed by atoms with Gasteiger partial charge in [-0.05, 0) is 35.6 Å². The van der Waals surface area contributed by atoms with E-state index in [1.54, 1.807) is 0 Å². The van der Waals surface area contributed by atoms with Crippen molar-refractivity contribution in [3.8, 4) is 11.1 Å². The van der Waals surface area contributed by atoms with Crippen LogP contribution in [0.1, 0.15) is 36.8 Å². The molecule has 8 heteroatoms. The van der Waals surface area contributed by atoms with Crippen molar-refractivity contribution in [2.24, 2.45) is 0 Å². The van der Waals surface area contributed by atoms with E-state index in [1.165, 1.54) is 6.92 Å². The maximum atomic E-state index is 12.4. The van der Waals surface area contributed by atoms with Crippen molar-refractivity contribution in [1.29, 1.82) is 0 Å². The molecular formula is C23H26N2O6. The lowest BCUT2D eigenvalue weighted by Crippen LogP contribution is -2.48. The van der Waals surface area contributed by atoms with E-state index in [0.29, 0.717) is 0 Å². The second kappa shape index (κ2) is 10.1. The zero-order valence-corrected chi connectivity index (χ0v) is 17.2. The summed E-state index contributed by atoms with van der Waals surface area (Å²) in [7, 11) is 0. The second-order valence-electron chi connectivity index (χ2n) is 7.55. The Hall–Kier alpha value is -3.39. The van der Waals surface area contributed by atoms with Gasteiger partial charge in [0.2, 0.25) is 5.91 Å². The van der Waals surface area contributed by atoms with Crippen LogP contribution in [0.3, 0.4) is 0 Å². The molecule has 1 unspecified atom stereocenters. The summed E-state index contributed by atoms with van der Waals surface area (Å²) in [5, 5.41) is 23.2. The highest BCUT2D eigenvalue weighted by atomic mass is 16.5. The number of nitrogens with one attached hydrogen (secondary N) is 2. The number of fused-ring (bicyclic) bond motifs is 3. The molecule has 164 valence electrons. The number of hydrogen-bond donors (Lipinski definition) is 4. The summed E-state index contributed by atoms with van der Waals surface area (Å²) in [6, 6.07) is 14.8. The Morgan fingerprint density at radius 1 is 1.03 bits per heavy atom. The fourth-order valence-electron chi connectivity index (χ4n) is 3.69. The van der Waals surface area contributed by atoms with E-state index >= 15 is 0 Å². The fraction of sp³-hybridized carbons (Fsp3) is 0.348. The van der Waals surface area contributed by atoms with Gasteiger partial charge >= 0.3 is 12.1 Å². The van der Waals surface area contributed by atoms with E-state index in [9.17, 15) is 19.5 Å². The fourth-order valence-corrected chi connectivity index (χ4v) is 3.69. The number of hydrogen-bond acceptors (Lipinski definition) is 5. The molecule has 1 aliphatic carbocycles. The van der Waals surface area contributed by atoms with Gasteiger partial charge in [0, 0.05) is 18.9 Å². The highest BCUT2D eigenvalue weighted by molar-refractivity contribution is 5.86. The summed E-state index contributed by atoms with van der Waals surface area (Å²) in [6.07, 6.45) is -1.95. The molecule has 0 spiro atoms. The van der Waals surface area contributed by atoms with Gasteiger partial charge in [0.15, 0.2) is 0 Å². The number of amides is 2. The molecule has 0 fully saturated rings. The predicted octanol–water partition coefficient (Wildman–Crippen LogP) is 2.26. The van der Waals surface area contributed by atoms with Crippen LogP contribution in [0.2, 0.25) is 0 Å². The average molecular weight is 426 g/mol. The number of ether oxygens (including phenoxy) is 1. The number of carbonyl (C=O) groups is 3. The number of aliphatic carboxylic acids is 1. The first-order valence-electron chi connectivity index (χ1n) is 10.2. The summed E-state index contributed by atoms with van der Waals surface area (Å²) < 4.78 is 5.43. The molecule has 1 aliphatic rings. The van der Waals surface area contributed by atoms with Crippen molar-refractivity contribution in [2.45, 2.75) is 37.8 Å². The summed E-state index contributed by atoms with van der Waals surface area (Å²) in [5.74, 6) is -1.78. The van der Waals surface area contributed by atoms with Crippen LogP contribution in [0.25, 0.3) is 11.1 Å². The van der Waals surface area contributed by atoms with E-state index in [0.717, 1.165) is 22.3 Å². The quantitative estimate of drug-likeness (QED) is 0.487. The topological polar surface area (TPSA) is 125 Å². The zero-order chi connectivity index (χ0) is 22.4. The standard InChI is InChI=1S/C23H26N2O6/c1-14(26)12-24-22(29)20(10-11-21(27)28)25-23(30)31-13-19-17-8-4-2-6-15(17)16-7-3-5-9-18(16)19/h2-9,14,19-20,26H,10-13H2,1H3,(H,24,29)(H,25,30)(H,27,28)/t14-,20?/m0/s1. The minimum atomic E-state index is -1.08. The largest absolute Gasteiger partial charge is 0.481 e. The minimum Gasteiger partial charge on any atom is -0.481 e. The molecule has 4 N–H and O–H groups in total. The summed E-state index contributed by atoms with van der Waals surface area (Å²) in [6.45, 7) is 1.58. The van der Waals surface area contributed by atoms with Crippen molar-refractivity contribution in [3.05, 3.63) is 59.7 Å². The van der Waals surface area contributed by atoms with Gasteiger partial charge in [-0.1, -0.05) is 48.5 Å². The van der Waals surface area contributed by atoms with Crippen LogP contribution in [-0.2, 0) is 14.3 Å². The SMILES string of the molecule is C[C@H](O)CNC(=O)C(CCC(=O)O)NC(=O)OCC1c2ccccc2-c2ccccc21. The molecule has 0 saturated heterocycles. The van der Waals surface area contributed by atoms with Gasteiger partial charge in [-0.2, -0.15) is 0 Å². The number of alkyl carbamates (subject to hydrolysis) is 1. The molecule has 2 aromatic rings. The first-order valence-corrected chi connectivity index (χ1v) is 10.2. The molecule has 0 aliphatic heterocycles. The second-order valence-corrected chi connectivity index (χ2v) is 7.55. The van der Waals surface area contributed by atoms with Crippen LogP contribution in [0.15, 0.2) is 48.5 Å². The lowest BCUT2D eigenvalue weighted by atomic mass is 9.98. The van der Waals surface area contributed by atoms with Gasteiger partial charge in [-0.25, -0.2) is 4.79 Å². The number of carbonyl (C=O) groups excluding carboxylic acids is 2.